The summed E-state index contributed by atoms with van der Waals surface area (Å²) in [5, 5.41) is 2.83. The van der Waals surface area contributed by atoms with E-state index in [1.807, 2.05) is 38.1 Å². The van der Waals surface area contributed by atoms with Crippen molar-refractivity contribution in [2.45, 2.75) is 39.8 Å². The fraction of sp³-hybridized carbons (Fsp3) is 0.417. The van der Waals surface area contributed by atoms with Crippen LogP contribution < -0.4 is 9.62 Å². The maximum Gasteiger partial charge on any atom is 0.304 e. The van der Waals surface area contributed by atoms with E-state index in [-0.39, 0.29) is 12.5 Å². The van der Waals surface area contributed by atoms with Gasteiger partial charge in [-0.2, -0.15) is 12.7 Å². The lowest BCUT2D eigenvalue weighted by molar-refractivity contribution is -0.139. The lowest BCUT2D eigenvalue weighted by Gasteiger charge is -2.32. The molecule has 0 saturated carbocycles. The molecule has 33 heavy (non-hydrogen) atoms. The van der Waals surface area contributed by atoms with E-state index in [1.165, 1.54) is 19.0 Å². The normalized spacial score (nSPS) is 12.3. The summed E-state index contributed by atoms with van der Waals surface area (Å²) in [6.07, 6.45) is 0.771. The summed E-state index contributed by atoms with van der Waals surface area (Å²) in [6.45, 7) is 5.82. The van der Waals surface area contributed by atoms with E-state index in [2.05, 4.69) is 5.32 Å². The highest BCUT2D eigenvalue weighted by Crippen LogP contribution is 2.20. The van der Waals surface area contributed by atoms with Gasteiger partial charge < -0.3 is 10.2 Å². The zero-order chi connectivity index (χ0) is 24.6. The predicted octanol–water partition coefficient (Wildman–Crippen LogP) is 2.55. The predicted molar refractivity (Wildman–Crippen MR) is 131 cm³/mol. The number of aryl methyl sites for hydroxylation is 1. The summed E-state index contributed by atoms with van der Waals surface area (Å²) >= 11 is 0. The molecular weight excluding hydrogens is 440 g/mol. The summed E-state index contributed by atoms with van der Waals surface area (Å²) in [5.74, 6) is -0.746. The molecular formula is C24H34N4O4S. The first-order valence-corrected chi connectivity index (χ1v) is 12.4. The Morgan fingerprint density at radius 3 is 2.27 bits per heavy atom. The minimum absolute atomic E-state index is 0.186. The van der Waals surface area contributed by atoms with Gasteiger partial charge in [-0.05, 0) is 38.0 Å². The molecule has 8 nitrogen and oxygen atoms in total. The Morgan fingerprint density at radius 1 is 1.03 bits per heavy atom. The SMILES string of the molecule is CCCNC(=O)[C@@H](C)N(Cc1cccc(C)c1)C(=O)CN(c1ccccc1)S(=O)(=O)N(C)C. The second-order valence-corrected chi connectivity index (χ2v) is 10.2. The van der Waals surface area contributed by atoms with Crippen LogP contribution in [0.25, 0.3) is 0 Å². The molecule has 0 fully saturated rings. The van der Waals surface area contributed by atoms with E-state index in [9.17, 15) is 18.0 Å². The maximum absolute atomic E-state index is 13.5. The van der Waals surface area contributed by atoms with Crippen LogP contribution in [0.15, 0.2) is 54.6 Å². The number of benzene rings is 2. The smallest absolute Gasteiger partial charge is 0.304 e. The third-order valence-corrected chi connectivity index (χ3v) is 7.03. The van der Waals surface area contributed by atoms with Crippen molar-refractivity contribution in [3.8, 4) is 0 Å². The minimum Gasteiger partial charge on any atom is -0.354 e. The maximum atomic E-state index is 13.5. The van der Waals surface area contributed by atoms with Crippen molar-refractivity contribution in [3.63, 3.8) is 0 Å². The van der Waals surface area contributed by atoms with E-state index in [0.717, 1.165) is 26.2 Å². The van der Waals surface area contributed by atoms with E-state index in [1.54, 1.807) is 37.3 Å². The molecule has 0 unspecified atom stereocenters. The highest BCUT2D eigenvalue weighted by Gasteiger charge is 2.32. The van der Waals surface area contributed by atoms with Crippen LogP contribution in [-0.4, -0.2) is 62.7 Å². The molecule has 0 aliphatic rings. The van der Waals surface area contributed by atoms with Crippen LogP contribution in [0.1, 0.15) is 31.4 Å². The fourth-order valence-corrected chi connectivity index (χ4v) is 4.35. The Hall–Kier alpha value is -2.91. The van der Waals surface area contributed by atoms with Crippen LogP contribution in [0.2, 0.25) is 0 Å². The van der Waals surface area contributed by atoms with Crippen LogP contribution in [0.3, 0.4) is 0 Å². The Bertz CT molecular complexity index is 1040. The highest BCUT2D eigenvalue weighted by molar-refractivity contribution is 7.90. The number of carbonyl (C=O) groups is 2. The van der Waals surface area contributed by atoms with E-state index >= 15 is 0 Å². The molecule has 1 atom stereocenters. The highest BCUT2D eigenvalue weighted by atomic mass is 32.2. The first-order valence-electron chi connectivity index (χ1n) is 11.0. The topological polar surface area (TPSA) is 90.0 Å². The third-order valence-electron chi connectivity index (χ3n) is 5.21. The van der Waals surface area contributed by atoms with Crippen molar-refractivity contribution in [2.24, 2.45) is 0 Å². The molecule has 0 aromatic heterocycles. The second kappa shape index (κ2) is 11.8. The monoisotopic (exact) mass is 474 g/mol. The van der Waals surface area contributed by atoms with Gasteiger partial charge in [0, 0.05) is 27.2 Å². The minimum atomic E-state index is -3.94. The molecule has 180 valence electrons. The van der Waals surface area contributed by atoms with Gasteiger partial charge in [-0.15, -0.1) is 0 Å². The molecule has 2 amide bonds. The van der Waals surface area contributed by atoms with Gasteiger partial charge in [-0.25, -0.2) is 4.31 Å². The zero-order valence-electron chi connectivity index (χ0n) is 20.0. The number of para-hydroxylation sites is 1. The molecule has 0 aliphatic heterocycles. The molecule has 2 aromatic rings. The summed E-state index contributed by atoms with van der Waals surface area (Å²) in [7, 11) is -1.11. The number of nitrogens with zero attached hydrogens (tertiary/aromatic N) is 3. The lowest BCUT2D eigenvalue weighted by atomic mass is 10.1. The Balaban J connectivity index is 2.40. The Morgan fingerprint density at radius 2 is 1.70 bits per heavy atom. The Kier molecular flexibility index (Phi) is 9.43. The van der Waals surface area contributed by atoms with Crippen LogP contribution in [-0.2, 0) is 26.3 Å². The van der Waals surface area contributed by atoms with Gasteiger partial charge in [0.2, 0.25) is 11.8 Å². The molecule has 2 aromatic carbocycles. The van der Waals surface area contributed by atoms with Crippen molar-refractivity contribution in [1.82, 2.24) is 14.5 Å². The average Bonchev–Trinajstić information content (AvgIpc) is 2.79. The molecule has 9 heteroatoms. The molecule has 0 heterocycles. The molecule has 0 radical (unpaired) electrons. The standard InChI is InChI=1S/C24H34N4O4S/c1-6-15-25-24(30)20(3)27(17-21-12-10-11-19(2)16-21)23(29)18-28(33(31,32)26(4)5)22-13-8-7-9-14-22/h7-14,16,20H,6,15,17-18H2,1-5H3,(H,25,30)/t20-/m1/s1. The summed E-state index contributed by atoms with van der Waals surface area (Å²) < 4.78 is 28.2. The average molecular weight is 475 g/mol. The summed E-state index contributed by atoms with van der Waals surface area (Å²) in [5.41, 5.74) is 2.27. The van der Waals surface area contributed by atoms with Gasteiger partial charge in [0.1, 0.15) is 12.6 Å². The number of hydrogen-bond acceptors (Lipinski definition) is 4. The number of amides is 2. The molecule has 2 rings (SSSR count). The number of carbonyl (C=O) groups excluding carboxylic acids is 2. The molecule has 0 aliphatic carbocycles. The van der Waals surface area contributed by atoms with Crippen LogP contribution in [0.5, 0.6) is 0 Å². The van der Waals surface area contributed by atoms with E-state index in [0.29, 0.717) is 12.2 Å². The summed E-state index contributed by atoms with van der Waals surface area (Å²) in [4.78, 5) is 27.7. The largest absolute Gasteiger partial charge is 0.354 e. The summed E-state index contributed by atoms with van der Waals surface area (Å²) in [6, 6.07) is 15.4. The number of anilines is 1. The van der Waals surface area contributed by atoms with Crippen molar-refractivity contribution in [2.75, 3.05) is 31.5 Å². The van der Waals surface area contributed by atoms with Crippen LogP contribution >= 0.6 is 0 Å². The number of hydrogen-bond donors (Lipinski definition) is 1. The lowest BCUT2D eigenvalue weighted by Crippen LogP contribution is -2.52. The van der Waals surface area contributed by atoms with Gasteiger partial charge in [-0.3, -0.25) is 9.59 Å². The van der Waals surface area contributed by atoms with Crippen LogP contribution in [0, 0.1) is 6.92 Å². The van der Waals surface area contributed by atoms with Gasteiger partial charge in [0.25, 0.3) is 0 Å². The van der Waals surface area contributed by atoms with Gasteiger partial charge in [-0.1, -0.05) is 55.0 Å². The Labute approximate surface area is 197 Å². The molecule has 0 spiro atoms. The molecule has 0 saturated heterocycles. The van der Waals surface area contributed by atoms with Crippen LogP contribution in [0.4, 0.5) is 5.69 Å². The van der Waals surface area contributed by atoms with Gasteiger partial charge in [0.05, 0.1) is 5.69 Å². The number of nitrogens with one attached hydrogen (secondary N) is 1. The number of rotatable bonds is 11. The van der Waals surface area contributed by atoms with Crippen molar-refractivity contribution in [3.05, 3.63) is 65.7 Å². The van der Waals surface area contributed by atoms with Gasteiger partial charge in [0.15, 0.2) is 0 Å². The van der Waals surface area contributed by atoms with Crippen molar-refractivity contribution >= 4 is 27.7 Å². The fourth-order valence-electron chi connectivity index (χ4n) is 3.30. The second-order valence-electron chi connectivity index (χ2n) is 8.11. The molecule has 0 bridgehead atoms. The first kappa shape index (κ1) is 26.3. The van der Waals surface area contributed by atoms with Crippen molar-refractivity contribution in [1.29, 1.82) is 0 Å². The van der Waals surface area contributed by atoms with Gasteiger partial charge >= 0.3 is 10.2 Å². The molecule has 1 N–H and O–H groups in total. The van der Waals surface area contributed by atoms with Crippen molar-refractivity contribution < 1.29 is 18.0 Å². The quantitative estimate of drug-likeness (QED) is 0.542. The zero-order valence-corrected chi connectivity index (χ0v) is 20.8. The first-order chi connectivity index (χ1) is 15.6. The van der Waals surface area contributed by atoms with E-state index < -0.39 is 28.7 Å². The van der Waals surface area contributed by atoms with E-state index in [4.69, 9.17) is 0 Å². The third kappa shape index (κ3) is 7.03.